The molecule has 1 heterocycles. The Labute approximate surface area is 188 Å². The molecule has 172 valence electrons. The quantitative estimate of drug-likeness (QED) is 0.457. The molecule has 32 heavy (non-hydrogen) atoms. The Morgan fingerprint density at radius 1 is 1.16 bits per heavy atom. The van der Waals surface area contributed by atoms with Crippen molar-refractivity contribution in [1.29, 1.82) is 0 Å². The van der Waals surface area contributed by atoms with Gasteiger partial charge in [0.25, 0.3) is 5.91 Å². The number of aryl methyl sites for hydroxylation is 1. The van der Waals surface area contributed by atoms with Gasteiger partial charge >= 0.3 is 0 Å². The van der Waals surface area contributed by atoms with Gasteiger partial charge in [0.1, 0.15) is 0 Å². The highest BCUT2D eigenvalue weighted by atomic mass is 32.2. The molecule has 9 nitrogen and oxygen atoms in total. The second-order valence-corrected chi connectivity index (χ2v) is 9.38. The number of hydrogen-bond acceptors (Lipinski definition) is 7. The van der Waals surface area contributed by atoms with Gasteiger partial charge < -0.3 is 9.84 Å². The van der Waals surface area contributed by atoms with Crippen LogP contribution in [0.5, 0.6) is 11.5 Å². The summed E-state index contributed by atoms with van der Waals surface area (Å²) in [5.74, 6) is 0.0951. The van der Waals surface area contributed by atoms with E-state index in [1.54, 1.807) is 36.4 Å². The Hall–Kier alpha value is -2.95. The van der Waals surface area contributed by atoms with Crippen molar-refractivity contribution in [2.24, 2.45) is 5.10 Å². The van der Waals surface area contributed by atoms with Gasteiger partial charge in [0.05, 0.1) is 24.3 Å². The van der Waals surface area contributed by atoms with E-state index in [2.05, 4.69) is 10.5 Å². The fourth-order valence-electron chi connectivity index (χ4n) is 3.29. The van der Waals surface area contributed by atoms with Gasteiger partial charge in [0.2, 0.25) is 10.0 Å². The molecule has 10 heteroatoms. The summed E-state index contributed by atoms with van der Waals surface area (Å²) in [6.07, 6.45) is 1.46. The molecule has 1 aliphatic rings. The standard InChI is InChI=1S/C22H28N4O5S/c1-3-31-21-14-18(6-9-20(21)27)15-23-24-22(28)16-25-10-12-26(13-11-25)32(29,30)19-7-4-17(2)5-8-19/h4-9,14-15,27H,3,10-13,16H2,1-2H3,(H,24,28)/b23-15-. The number of sulfonamides is 1. The molecule has 2 aromatic rings. The summed E-state index contributed by atoms with van der Waals surface area (Å²) in [6, 6.07) is 11.6. The van der Waals surface area contributed by atoms with Crippen LogP contribution in [-0.4, -0.2) is 74.2 Å². The summed E-state index contributed by atoms with van der Waals surface area (Å²) < 4.78 is 32.3. The van der Waals surface area contributed by atoms with E-state index < -0.39 is 10.0 Å². The first-order valence-corrected chi connectivity index (χ1v) is 11.8. The average molecular weight is 461 g/mol. The van der Waals surface area contributed by atoms with Crippen LogP contribution in [0.25, 0.3) is 0 Å². The van der Waals surface area contributed by atoms with Crippen LogP contribution in [-0.2, 0) is 14.8 Å². The number of benzene rings is 2. The molecule has 0 aromatic heterocycles. The van der Waals surface area contributed by atoms with Crippen molar-refractivity contribution in [3.05, 3.63) is 53.6 Å². The van der Waals surface area contributed by atoms with Crippen LogP contribution in [0.3, 0.4) is 0 Å². The lowest BCUT2D eigenvalue weighted by Gasteiger charge is -2.33. The molecule has 0 saturated carbocycles. The minimum atomic E-state index is -3.53. The molecule has 0 spiro atoms. The fraction of sp³-hybridized carbons (Fsp3) is 0.364. The molecule has 1 fully saturated rings. The minimum absolute atomic E-state index is 0.0385. The molecule has 2 N–H and O–H groups in total. The van der Waals surface area contributed by atoms with Crippen molar-refractivity contribution in [2.75, 3.05) is 39.3 Å². The lowest BCUT2D eigenvalue weighted by Crippen LogP contribution is -2.50. The van der Waals surface area contributed by atoms with Gasteiger partial charge in [-0.05, 0) is 49.7 Å². The maximum atomic E-state index is 12.8. The number of phenolic OH excluding ortho intramolecular Hbond substituents is 1. The normalized spacial score (nSPS) is 15.7. The predicted octanol–water partition coefficient (Wildman–Crippen LogP) is 1.56. The Kier molecular flexibility index (Phi) is 7.84. The molecule has 0 bridgehead atoms. The third-order valence-corrected chi connectivity index (χ3v) is 6.96. The molecule has 0 aliphatic carbocycles. The first kappa shape index (κ1) is 23.7. The van der Waals surface area contributed by atoms with Gasteiger partial charge in [-0.25, -0.2) is 13.8 Å². The van der Waals surface area contributed by atoms with Gasteiger partial charge in [-0.3, -0.25) is 9.69 Å². The molecule has 0 atom stereocenters. The molecule has 0 unspecified atom stereocenters. The zero-order valence-corrected chi connectivity index (χ0v) is 19.0. The molecule has 2 aromatic carbocycles. The summed E-state index contributed by atoms with van der Waals surface area (Å²) in [7, 11) is -3.53. The summed E-state index contributed by atoms with van der Waals surface area (Å²) in [5, 5.41) is 13.7. The van der Waals surface area contributed by atoms with E-state index in [1.807, 2.05) is 18.7 Å². The van der Waals surface area contributed by atoms with Gasteiger partial charge in [-0.15, -0.1) is 0 Å². The van der Waals surface area contributed by atoms with E-state index in [9.17, 15) is 18.3 Å². The van der Waals surface area contributed by atoms with Crippen LogP contribution in [0.1, 0.15) is 18.1 Å². The van der Waals surface area contributed by atoms with Gasteiger partial charge in [0.15, 0.2) is 11.5 Å². The van der Waals surface area contributed by atoms with Crippen molar-refractivity contribution < 1.29 is 23.1 Å². The van der Waals surface area contributed by atoms with E-state index in [0.29, 0.717) is 44.1 Å². The highest BCUT2D eigenvalue weighted by Crippen LogP contribution is 2.26. The number of hydrogen-bond donors (Lipinski definition) is 2. The Morgan fingerprint density at radius 2 is 1.84 bits per heavy atom. The van der Waals surface area contributed by atoms with Gasteiger partial charge in [-0.2, -0.15) is 9.41 Å². The Morgan fingerprint density at radius 3 is 2.50 bits per heavy atom. The topological polar surface area (TPSA) is 112 Å². The lowest BCUT2D eigenvalue weighted by atomic mass is 10.2. The van der Waals surface area contributed by atoms with E-state index in [-0.39, 0.29) is 23.1 Å². The van der Waals surface area contributed by atoms with E-state index >= 15 is 0 Å². The summed E-state index contributed by atoms with van der Waals surface area (Å²) >= 11 is 0. The molecule has 1 amide bonds. The zero-order valence-electron chi connectivity index (χ0n) is 18.2. The second-order valence-electron chi connectivity index (χ2n) is 7.45. The van der Waals surface area contributed by atoms with E-state index in [0.717, 1.165) is 5.56 Å². The molecule has 1 saturated heterocycles. The van der Waals surface area contributed by atoms with Crippen LogP contribution in [0.2, 0.25) is 0 Å². The van der Waals surface area contributed by atoms with Crippen LogP contribution >= 0.6 is 0 Å². The van der Waals surface area contributed by atoms with Crippen LogP contribution in [0, 0.1) is 6.92 Å². The highest BCUT2D eigenvalue weighted by Gasteiger charge is 2.28. The number of nitrogens with zero attached hydrogens (tertiary/aromatic N) is 3. The number of hydrazone groups is 1. The minimum Gasteiger partial charge on any atom is -0.504 e. The third-order valence-electron chi connectivity index (χ3n) is 5.04. The number of nitrogens with one attached hydrogen (secondary N) is 1. The fourth-order valence-corrected chi connectivity index (χ4v) is 4.71. The number of rotatable bonds is 8. The number of aromatic hydroxyl groups is 1. The maximum absolute atomic E-state index is 12.8. The van der Waals surface area contributed by atoms with Crippen molar-refractivity contribution >= 4 is 22.1 Å². The van der Waals surface area contributed by atoms with E-state index in [4.69, 9.17) is 4.74 Å². The largest absolute Gasteiger partial charge is 0.504 e. The molecule has 0 radical (unpaired) electrons. The monoisotopic (exact) mass is 460 g/mol. The highest BCUT2D eigenvalue weighted by molar-refractivity contribution is 7.89. The van der Waals surface area contributed by atoms with Crippen molar-refractivity contribution in [1.82, 2.24) is 14.6 Å². The smallest absolute Gasteiger partial charge is 0.254 e. The first-order chi connectivity index (χ1) is 15.3. The van der Waals surface area contributed by atoms with Crippen LogP contribution in [0.15, 0.2) is 52.5 Å². The maximum Gasteiger partial charge on any atom is 0.254 e. The molecular weight excluding hydrogens is 432 g/mol. The van der Waals surface area contributed by atoms with E-state index in [1.165, 1.54) is 16.6 Å². The second kappa shape index (κ2) is 10.6. The van der Waals surface area contributed by atoms with Crippen LogP contribution in [0.4, 0.5) is 0 Å². The molecule has 3 rings (SSSR count). The zero-order chi connectivity index (χ0) is 23.1. The lowest BCUT2D eigenvalue weighted by molar-refractivity contribution is -0.122. The number of carbonyl (C=O) groups is 1. The number of ether oxygens (including phenoxy) is 1. The summed E-state index contributed by atoms with van der Waals surface area (Å²) in [4.78, 5) is 14.4. The molecule has 1 aliphatic heterocycles. The number of amides is 1. The van der Waals surface area contributed by atoms with Crippen molar-refractivity contribution in [3.8, 4) is 11.5 Å². The predicted molar refractivity (Wildman–Crippen MR) is 121 cm³/mol. The average Bonchev–Trinajstić information content (AvgIpc) is 2.77. The summed E-state index contributed by atoms with van der Waals surface area (Å²) in [6.45, 7) is 5.82. The van der Waals surface area contributed by atoms with Crippen molar-refractivity contribution in [3.63, 3.8) is 0 Å². The Bertz CT molecular complexity index is 1060. The Balaban J connectivity index is 1.48. The van der Waals surface area contributed by atoms with Crippen LogP contribution < -0.4 is 10.2 Å². The molecular formula is C22H28N4O5S. The van der Waals surface area contributed by atoms with Gasteiger partial charge in [-0.1, -0.05) is 17.7 Å². The third kappa shape index (κ3) is 6.06. The SMILES string of the molecule is CCOc1cc(/C=N\NC(=O)CN2CCN(S(=O)(=O)c3ccc(C)cc3)CC2)ccc1O. The number of carbonyl (C=O) groups excluding carboxylic acids is 1. The number of phenols is 1. The van der Waals surface area contributed by atoms with Crippen molar-refractivity contribution in [2.45, 2.75) is 18.7 Å². The number of piperazine rings is 1. The summed E-state index contributed by atoms with van der Waals surface area (Å²) in [5.41, 5.74) is 4.14. The first-order valence-electron chi connectivity index (χ1n) is 10.4. The van der Waals surface area contributed by atoms with Gasteiger partial charge in [0, 0.05) is 26.2 Å².